The molecule has 136 valence electrons. The molecule has 0 aliphatic heterocycles. The fraction of sp³-hybridized carbons (Fsp3) is 0.562. The van der Waals surface area contributed by atoms with Gasteiger partial charge in [0.25, 0.3) is 0 Å². The number of nitrogens with one attached hydrogen (secondary N) is 2. The molecule has 0 fully saturated rings. The standard InChI is InChI=1S/C16H23F3N2O3/c1-4-24-12-5-6-14(13(8-12)16(17,18)19)21-15(23)20-11(9-22)7-10(2)3/h5-6,8,10-11,22H,4,7,9H2,1-3H3,(H2,20,21,23). The Morgan fingerprint density at radius 3 is 2.50 bits per heavy atom. The first-order valence-electron chi connectivity index (χ1n) is 7.69. The van der Waals surface area contributed by atoms with E-state index >= 15 is 0 Å². The second kappa shape index (κ2) is 8.77. The molecular weight excluding hydrogens is 325 g/mol. The van der Waals surface area contributed by atoms with Gasteiger partial charge in [0.15, 0.2) is 0 Å². The molecule has 3 N–H and O–H groups in total. The van der Waals surface area contributed by atoms with E-state index in [1.54, 1.807) is 6.92 Å². The summed E-state index contributed by atoms with van der Waals surface area (Å²) in [5, 5.41) is 13.9. The van der Waals surface area contributed by atoms with E-state index in [1.807, 2.05) is 13.8 Å². The van der Waals surface area contributed by atoms with Gasteiger partial charge in [-0.2, -0.15) is 13.2 Å². The van der Waals surface area contributed by atoms with Gasteiger partial charge in [0, 0.05) is 0 Å². The molecule has 0 aromatic heterocycles. The number of hydrogen-bond donors (Lipinski definition) is 3. The van der Waals surface area contributed by atoms with Crippen molar-refractivity contribution in [3.05, 3.63) is 23.8 Å². The number of anilines is 1. The third-order valence-corrected chi connectivity index (χ3v) is 3.17. The van der Waals surface area contributed by atoms with Crippen molar-refractivity contribution in [1.29, 1.82) is 0 Å². The molecule has 1 atom stereocenters. The average Bonchev–Trinajstić information content (AvgIpc) is 2.46. The van der Waals surface area contributed by atoms with Gasteiger partial charge in [0.2, 0.25) is 0 Å². The van der Waals surface area contributed by atoms with Gasteiger partial charge < -0.3 is 20.5 Å². The SMILES string of the molecule is CCOc1ccc(NC(=O)NC(CO)CC(C)C)c(C(F)(F)F)c1. The second-order valence-electron chi connectivity index (χ2n) is 5.75. The minimum Gasteiger partial charge on any atom is -0.494 e. The van der Waals surface area contributed by atoms with E-state index in [0.29, 0.717) is 6.42 Å². The summed E-state index contributed by atoms with van der Waals surface area (Å²) < 4.78 is 44.5. The van der Waals surface area contributed by atoms with Gasteiger partial charge in [-0.1, -0.05) is 13.8 Å². The van der Waals surface area contributed by atoms with Crippen LogP contribution in [0, 0.1) is 5.92 Å². The number of urea groups is 1. The number of carbonyl (C=O) groups excluding carboxylic acids is 1. The zero-order valence-electron chi connectivity index (χ0n) is 13.9. The first-order valence-corrected chi connectivity index (χ1v) is 7.69. The van der Waals surface area contributed by atoms with Crippen LogP contribution in [0.25, 0.3) is 0 Å². The van der Waals surface area contributed by atoms with Crippen LogP contribution in [0.4, 0.5) is 23.7 Å². The van der Waals surface area contributed by atoms with E-state index in [-0.39, 0.29) is 30.6 Å². The Hall–Kier alpha value is -1.96. The Kier molecular flexibility index (Phi) is 7.34. The van der Waals surface area contributed by atoms with E-state index in [9.17, 15) is 23.1 Å². The number of alkyl halides is 3. The summed E-state index contributed by atoms with van der Waals surface area (Å²) in [6, 6.07) is 2.01. The molecular formula is C16H23F3N2O3. The van der Waals surface area contributed by atoms with Crippen molar-refractivity contribution in [1.82, 2.24) is 5.32 Å². The van der Waals surface area contributed by atoms with Gasteiger partial charge in [0.05, 0.1) is 30.5 Å². The second-order valence-corrected chi connectivity index (χ2v) is 5.75. The summed E-state index contributed by atoms with van der Waals surface area (Å²) in [7, 11) is 0. The predicted octanol–water partition coefficient (Wildman–Crippen LogP) is 3.63. The average molecular weight is 348 g/mol. The van der Waals surface area contributed by atoms with Crippen molar-refractivity contribution in [3.63, 3.8) is 0 Å². The van der Waals surface area contributed by atoms with Crippen LogP contribution in [0.3, 0.4) is 0 Å². The molecule has 5 nitrogen and oxygen atoms in total. The lowest BCUT2D eigenvalue weighted by molar-refractivity contribution is -0.137. The quantitative estimate of drug-likeness (QED) is 0.705. The molecule has 0 heterocycles. The largest absolute Gasteiger partial charge is 0.494 e. The Morgan fingerprint density at radius 1 is 1.33 bits per heavy atom. The molecule has 0 saturated carbocycles. The molecule has 0 radical (unpaired) electrons. The van der Waals surface area contributed by atoms with Gasteiger partial charge in [0.1, 0.15) is 5.75 Å². The fourth-order valence-electron chi connectivity index (χ4n) is 2.22. The van der Waals surface area contributed by atoms with E-state index in [2.05, 4.69) is 10.6 Å². The van der Waals surface area contributed by atoms with Crippen LogP contribution in [-0.4, -0.2) is 30.4 Å². The maximum Gasteiger partial charge on any atom is 0.418 e. The minimum atomic E-state index is -4.63. The number of hydrogen-bond acceptors (Lipinski definition) is 3. The first kappa shape index (κ1) is 20.1. The van der Waals surface area contributed by atoms with Crippen LogP contribution in [0.5, 0.6) is 5.75 Å². The molecule has 0 spiro atoms. The van der Waals surface area contributed by atoms with Gasteiger partial charge >= 0.3 is 12.2 Å². The van der Waals surface area contributed by atoms with Crippen molar-refractivity contribution in [2.45, 2.75) is 39.4 Å². The Morgan fingerprint density at radius 2 is 2.00 bits per heavy atom. The Balaban J connectivity index is 2.91. The monoisotopic (exact) mass is 348 g/mol. The molecule has 0 bridgehead atoms. The van der Waals surface area contributed by atoms with Gasteiger partial charge in [-0.15, -0.1) is 0 Å². The van der Waals surface area contributed by atoms with Crippen molar-refractivity contribution in [2.24, 2.45) is 5.92 Å². The van der Waals surface area contributed by atoms with Crippen molar-refractivity contribution in [3.8, 4) is 5.75 Å². The minimum absolute atomic E-state index is 0.0730. The molecule has 0 saturated heterocycles. The van der Waals surface area contributed by atoms with Gasteiger partial charge in [-0.05, 0) is 37.5 Å². The zero-order valence-corrected chi connectivity index (χ0v) is 13.9. The number of rotatable bonds is 7. The van der Waals surface area contributed by atoms with Crippen LogP contribution in [0.15, 0.2) is 18.2 Å². The lowest BCUT2D eigenvalue weighted by Crippen LogP contribution is -2.41. The van der Waals surface area contributed by atoms with Crippen LogP contribution in [0.2, 0.25) is 0 Å². The molecule has 8 heteroatoms. The molecule has 0 aliphatic carbocycles. The highest BCUT2D eigenvalue weighted by molar-refractivity contribution is 5.90. The molecule has 1 aromatic rings. The fourth-order valence-corrected chi connectivity index (χ4v) is 2.22. The smallest absolute Gasteiger partial charge is 0.418 e. The van der Waals surface area contributed by atoms with Crippen molar-refractivity contribution >= 4 is 11.7 Å². The Labute approximate surface area is 139 Å². The number of benzene rings is 1. The topological polar surface area (TPSA) is 70.6 Å². The van der Waals surface area contributed by atoms with Crippen LogP contribution in [0.1, 0.15) is 32.8 Å². The molecule has 1 unspecified atom stereocenters. The summed E-state index contributed by atoms with van der Waals surface area (Å²) in [5.41, 5.74) is -1.36. The maximum atomic E-state index is 13.2. The van der Waals surface area contributed by atoms with Gasteiger partial charge in [-0.3, -0.25) is 0 Å². The van der Waals surface area contributed by atoms with Crippen molar-refractivity contribution in [2.75, 3.05) is 18.5 Å². The van der Waals surface area contributed by atoms with Crippen molar-refractivity contribution < 1.29 is 27.8 Å². The summed E-state index contributed by atoms with van der Waals surface area (Å²) in [6.07, 6.45) is -4.12. The first-order chi connectivity index (χ1) is 11.2. The van der Waals surface area contributed by atoms with E-state index < -0.39 is 23.8 Å². The van der Waals surface area contributed by atoms with Crippen LogP contribution < -0.4 is 15.4 Å². The number of aliphatic hydroxyl groups excluding tert-OH is 1. The summed E-state index contributed by atoms with van der Waals surface area (Å²) in [5.74, 6) is 0.294. The number of amides is 2. The summed E-state index contributed by atoms with van der Waals surface area (Å²) in [6.45, 7) is 5.43. The summed E-state index contributed by atoms with van der Waals surface area (Å²) in [4.78, 5) is 11.9. The van der Waals surface area contributed by atoms with E-state index in [1.165, 1.54) is 6.07 Å². The number of aliphatic hydroxyl groups is 1. The number of ether oxygens (including phenoxy) is 1. The van der Waals surface area contributed by atoms with Gasteiger partial charge in [-0.25, -0.2) is 4.79 Å². The molecule has 1 rings (SSSR count). The predicted molar refractivity (Wildman–Crippen MR) is 85.1 cm³/mol. The highest BCUT2D eigenvalue weighted by Gasteiger charge is 2.34. The Bertz CT molecular complexity index is 548. The van der Waals surface area contributed by atoms with E-state index in [0.717, 1.165) is 12.1 Å². The maximum absolute atomic E-state index is 13.2. The van der Waals surface area contributed by atoms with Crippen LogP contribution >= 0.6 is 0 Å². The molecule has 0 aliphatic rings. The number of carbonyl (C=O) groups is 1. The van der Waals surface area contributed by atoms with Crippen LogP contribution in [-0.2, 0) is 6.18 Å². The molecule has 2 amide bonds. The van der Waals surface area contributed by atoms with E-state index in [4.69, 9.17) is 4.74 Å². The highest BCUT2D eigenvalue weighted by Crippen LogP contribution is 2.37. The molecule has 1 aromatic carbocycles. The number of halogens is 3. The molecule has 24 heavy (non-hydrogen) atoms. The lowest BCUT2D eigenvalue weighted by atomic mass is 10.0. The third-order valence-electron chi connectivity index (χ3n) is 3.17. The lowest BCUT2D eigenvalue weighted by Gasteiger charge is -2.20. The third kappa shape index (κ3) is 6.27. The zero-order chi connectivity index (χ0) is 18.3. The highest BCUT2D eigenvalue weighted by atomic mass is 19.4. The summed E-state index contributed by atoms with van der Waals surface area (Å²) >= 11 is 0. The normalized spacial score (nSPS) is 12.8.